The number of phenols is 1. The van der Waals surface area contributed by atoms with Gasteiger partial charge in [0.2, 0.25) is 24.0 Å². The molecule has 0 unspecified atom stereocenters. The molecular weight excluding hydrogens is 464 g/mol. The molecule has 0 radical (unpaired) electrons. The number of carbonyl (C=O) groups excluding carboxylic acids is 2. The molecule has 0 heterocycles. The lowest BCUT2D eigenvalue weighted by atomic mass is 9.98. The topological polar surface area (TPSA) is 120 Å². The number of Topliss-reactive ketones (excluding diaryl/α,β-unsaturated/α-hetero) is 2. The van der Waals surface area contributed by atoms with Crippen molar-refractivity contribution < 1.29 is 39.0 Å². The third kappa shape index (κ3) is 5.27. The van der Waals surface area contributed by atoms with Gasteiger partial charge in [-0.2, -0.15) is 0 Å². The third-order valence-electron chi connectivity index (χ3n) is 6.15. The number of aliphatic hydroxyl groups is 2. The van der Waals surface area contributed by atoms with E-state index in [4.69, 9.17) is 9.47 Å². The Kier molecular flexibility index (Phi) is 8.84. The Hall–Kier alpha value is -3.69. The van der Waals surface area contributed by atoms with Crippen LogP contribution in [0.2, 0.25) is 0 Å². The first-order valence-electron chi connectivity index (χ1n) is 11.9. The van der Waals surface area contributed by atoms with Crippen LogP contribution in [0.4, 0.5) is 5.69 Å². The fourth-order valence-electron chi connectivity index (χ4n) is 4.14. The standard InChI is InChI=1S/C27H32N2O7/c1-5-28(12-13-35-4)17-8-10-19(21(30)14-17)23-25(32)24(27(34)26(23)33)20-11-9-18(15-22(20)31)29(6-2)16-36-7-3/h8-11,14-15H,5-7,12-13,16H2,1-4H3,(H2,30,31,32,33,34)/p+1. The predicted molar refractivity (Wildman–Crippen MR) is 137 cm³/mol. The van der Waals surface area contributed by atoms with Crippen molar-refractivity contribution in [2.45, 2.75) is 20.8 Å². The van der Waals surface area contributed by atoms with E-state index in [1.807, 2.05) is 30.2 Å². The van der Waals surface area contributed by atoms with Crippen LogP contribution in [-0.4, -0.2) is 83.9 Å². The van der Waals surface area contributed by atoms with E-state index in [0.29, 0.717) is 51.0 Å². The van der Waals surface area contributed by atoms with Crippen LogP contribution in [0.25, 0.3) is 5.57 Å². The monoisotopic (exact) mass is 497 g/mol. The maximum absolute atomic E-state index is 12.9. The molecule has 1 aromatic rings. The van der Waals surface area contributed by atoms with Crippen LogP contribution in [0.5, 0.6) is 5.75 Å². The highest BCUT2D eigenvalue weighted by Crippen LogP contribution is 2.39. The number of methoxy groups -OCH3 is 1. The Bertz CT molecular complexity index is 1200. The molecule has 0 aliphatic heterocycles. The van der Waals surface area contributed by atoms with Crippen molar-refractivity contribution >= 4 is 28.5 Å². The van der Waals surface area contributed by atoms with Crippen LogP contribution < -0.4 is 4.90 Å². The summed E-state index contributed by atoms with van der Waals surface area (Å²) in [5, 5.41) is 32.4. The molecule has 0 atom stereocenters. The summed E-state index contributed by atoms with van der Waals surface area (Å²) in [6.07, 6.45) is 4.62. The van der Waals surface area contributed by atoms with Crippen molar-refractivity contribution in [2.75, 3.05) is 51.6 Å². The molecule has 0 fully saturated rings. The quantitative estimate of drug-likeness (QED) is 0.195. The van der Waals surface area contributed by atoms with Gasteiger partial charge < -0.3 is 29.7 Å². The summed E-state index contributed by atoms with van der Waals surface area (Å²) >= 11 is 0. The summed E-state index contributed by atoms with van der Waals surface area (Å²) in [4.78, 5) is 27.8. The smallest absolute Gasteiger partial charge is 0.247 e. The van der Waals surface area contributed by atoms with Gasteiger partial charge in [0.25, 0.3) is 0 Å². The normalized spacial score (nSPS) is 19.3. The molecule has 9 nitrogen and oxygen atoms in total. The number of benzene rings is 1. The first kappa shape index (κ1) is 26.9. The Morgan fingerprint density at radius 1 is 1.00 bits per heavy atom. The number of hydrogen-bond donors (Lipinski definition) is 3. The number of nitrogens with zero attached hydrogens (tertiary/aromatic N) is 2. The largest absolute Gasteiger partial charge is 0.507 e. The number of ketones is 2. The predicted octanol–water partition coefficient (Wildman–Crippen LogP) is 3.06. The zero-order valence-electron chi connectivity index (χ0n) is 21.1. The lowest BCUT2D eigenvalue weighted by molar-refractivity contribution is -0.563. The van der Waals surface area contributed by atoms with E-state index in [0.717, 1.165) is 0 Å². The molecule has 2 aliphatic carbocycles. The highest BCUT2D eigenvalue weighted by molar-refractivity contribution is 6.63. The van der Waals surface area contributed by atoms with E-state index in [9.17, 15) is 24.9 Å². The van der Waals surface area contributed by atoms with Crippen molar-refractivity contribution in [1.82, 2.24) is 0 Å². The molecule has 0 spiro atoms. The first-order chi connectivity index (χ1) is 17.3. The minimum absolute atomic E-state index is 0.0323. The summed E-state index contributed by atoms with van der Waals surface area (Å²) in [6.45, 7) is 9.03. The molecule has 9 heteroatoms. The average Bonchev–Trinajstić information content (AvgIpc) is 3.08. The van der Waals surface area contributed by atoms with Crippen molar-refractivity contribution in [3.05, 3.63) is 64.7 Å². The number of ether oxygens (including phenoxy) is 2. The van der Waals surface area contributed by atoms with Crippen LogP contribution >= 0.6 is 0 Å². The molecule has 2 aliphatic rings. The lowest BCUT2D eigenvalue weighted by Gasteiger charge is -2.23. The molecule has 192 valence electrons. The van der Waals surface area contributed by atoms with E-state index in [2.05, 4.69) is 0 Å². The Balaban J connectivity index is 2.03. The SMILES string of the molecule is CCOC[N+](CC)=C1C=CC(=C2C(=O)C(=O)C(c3ccc(N(CC)CCOC)cc3O)=C2O)C(O)=C1. The van der Waals surface area contributed by atoms with Crippen LogP contribution in [0.3, 0.4) is 0 Å². The van der Waals surface area contributed by atoms with Gasteiger partial charge in [0.1, 0.15) is 23.8 Å². The molecule has 3 N–H and O–H groups in total. The second-order valence-electron chi connectivity index (χ2n) is 8.21. The van der Waals surface area contributed by atoms with Gasteiger partial charge in [0.05, 0.1) is 30.4 Å². The van der Waals surface area contributed by atoms with Crippen molar-refractivity contribution in [1.29, 1.82) is 0 Å². The summed E-state index contributed by atoms with van der Waals surface area (Å²) in [7, 11) is 1.60. The van der Waals surface area contributed by atoms with Gasteiger partial charge in [0, 0.05) is 49.2 Å². The van der Waals surface area contributed by atoms with E-state index < -0.39 is 17.3 Å². The maximum atomic E-state index is 12.9. The average molecular weight is 498 g/mol. The third-order valence-corrected chi connectivity index (χ3v) is 6.15. The fraction of sp³-hybridized carbons (Fsp3) is 0.370. The van der Waals surface area contributed by atoms with Gasteiger partial charge in [-0.3, -0.25) is 9.59 Å². The van der Waals surface area contributed by atoms with Crippen molar-refractivity contribution in [3.8, 4) is 5.75 Å². The van der Waals surface area contributed by atoms with E-state index in [1.54, 1.807) is 19.3 Å². The van der Waals surface area contributed by atoms with E-state index in [1.165, 1.54) is 24.3 Å². The maximum Gasteiger partial charge on any atom is 0.247 e. The summed E-state index contributed by atoms with van der Waals surface area (Å²) < 4.78 is 12.4. The number of likely N-dealkylation sites (N-methyl/N-ethyl adjacent to an activating group) is 1. The number of anilines is 1. The van der Waals surface area contributed by atoms with Crippen molar-refractivity contribution in [3.63, 3.8) is 0 Å². The number of aliphatic hydroxyl groups excluding tert-OH is 2. The zero-order valence-corrected chi connectivity index (χ0v) is 21.1. The molecule has 3 rings (SSSR count). The zero-order chi connectivity index (χ0) is 26.4. The van der Waals surface area contributed by atoms with Crippen LogP contribution in [0.1, 0.15) is 26.3 Å². The second-order valence-corrected chi connectivity index (χ2v) is 8.21. The minimum atomic E-state index is -0.953. The number of hydrogen-bond acceptors (Lipinski definition) is 8. The molecule has 0 aromatic heterocycles. The van der Waals surface area contributed by atoms with Gasteiger partial charge in [-0.1, -0.05) is 0 Å². The highest BCUT2D eigenvalue weighted by Gasteiger charge is 2.41. The number of aromatic hydroxyl groups is 1. The molecule has 0 amide bonds. The number of allylic oxidation sites excluding steroid dienone is 5. The molecule has 0 saturated heterocycles. The van der Waals surface area contributed by atoms with E-state index in [-0.39, 0.29) is 33.8 Å². The van der Waals surface area contributed by atoms with Crippen molar-refractivity contribution in [2.24, 2.45) is 0 Å². The number of rotatable bonds is 10. The number of phenolic OH excluding ortho intramolecular Hbond substituents is 1. The van der Waals surface area contributed by atoms with Crippen LogP contribution in [-0.2, 0) is 19.1 Å². The Labute approximate surface area is 210 Å². The highest BCUT2D eigenvalue weighted by atomic mass is 16.5. The summed E-state index contributed by atoms with van der Waals surface area (Å²) in [6, 6.07) is 4.68. The second kappa shape index (κ2) is 11.8. The van der Waals surface area contributed by atoms with Gasteiger partial charge in [-0.25, -0.2) is 4.58 Å². The Morgan fingerprint density at radius 3 is 2.31 bits per heavy atom. The van der Waals surface area contributed by atoms with E-state index >= 15 is 0 Å². The fourth-order valence-corrected chi connectivity index (χ4v) is 4.14. The van der Waals surface area contributed by atoms with Crippen LogP contribution in [0.15, 0.2) is 59.1 Å². The molecule has 1 aromatic carbocycles. The van der Waals surface area contributed by atoms with Gasteiger partial charge >= 0.3 is 0 Å². The van der Waals surface area contributed by atoms with Crippen LogP contribution in [0, 0.1) is 0 Å². The Morgan fingerprint density at radius 2 is 1.72 bits per heavy atom. The lowest BCUT2D eigenvalue weighted by Crippen LogP contribution is -2.26. The van der Waals surface area contributed by atoms with Gasteiger partial charge in [-0.15, -0.1) is 0 Å². The molecular formula is C27H33N2O7+. The number of carbonyl (C=O) groups is 2. The van der Waals surface area contributed by atoms with Gasteiger partial charge in [-0.05, 0) is 39.0 Å². The summed E-state index contributed by atoms with van der Waals surface area (Å²) in [5.74, 6) is -2.99. The first-order valence-corrected chi connectivity index (χ1v) is 11.9. The molecule has 0 bridgehead atoms. The molecule has 0 saturated carbocycles. The van der Waals surface area contributed by atoms with Gasteiger partial charge in [0.15, 0.2) is 0 Å². The molecule has 36 heavy (non-hydrogen) atoms. The summed E-state index contributed by atoms with van der Waals surface area (Å²) in [5.41, 5.74) is 0.843. The minimum Gasteiger partial charge on any atom is -0.507 e.